The van der Waals surface area contributed by atoms with Gasteiger partial charge in [0.05, 0.1) is 0 Å². The van der Waals surface area contributed by atoms with E-state index in [1.165, 1.54) is 12.0 Å². The Bertz CT molecular complexity index is 193. The molecule has 0 amide bonds. The predicted octanol–water partition coefficient (Wildman–Crippen LogP) is 2.74. The number of hydrogen-bond donors (Lipinski definition) is 1. The molecule has 1 radical (unpaired) electrons. The van der Waals surface area contributed by atoms with Crippen molar-refractivity contribution in [3.63, 3.8) is 0 Å². The summed E-state index contributed by atoms with van der Waals surface area (Å²) in [6.45, 7) is 5.26. The van der Waals surface area contributed by atoms with Crippen LogP contribution in [-0.2, 0) is 6.54 Å². The molecule has 1 rings (SSSR count). The quantitative estimate of drug-likeness (QED) is 0.656. The molecule has 0 heterocycles. The first-order valence-electron chi connectivity index (χ1n) is 4.52. The van der Waals surface area contributed by atoms with Crippen LogP contribution in [0, 0.1) is 6.54 Å². The summed E-state index contributed by atoms with van der Waals surface area (Å²) in [4.78, 5) is 0. The van der Waals surface area contributed by atoms with Crippen molar-refractivity contribution < 1.29 is 0 Å². The van der Waals surface area contributed by atoms with Gasteiger partial charge < -0.3 is 5.32 Å². The molecule has 1 heteroatoms. The largest absolute Gasteiger partial charge is 0.308 e. The monoisotopic (exact) mass is 162 g/mol. The highest BCUT2D eigenvalue weighted by atomic mass is 14.8. The standard InChI is InChI=1S/C11H16N/c1-2-3-9-12-10-11-7-5-4-6-8-11/h4-9,12H,2-3,10H2,1H3. The van der Waals surface area contributed by atoms with Crippen molar-refractivity contribution in [2.45, 2.75) is 26.3 Å². The lowest BCUT2D eigenvalue weighted by Crippen LogP contribution is -2.08. The predicted molar refractivity (Wildman–Crippen MR) is 52.5 cm³/mol. The van der Waals surface area contributed by atoms with Crippen LogP contribution in [0.25, 0.3) is 0 Å². The smallest absolute Gasteiger partial charge is 0.0224 e. The number of unbranched alkanes of at least 4 members (excludes halogenated alkanes) is 1. The van der Waals surface area contributed by atoms with Gasteiger partial charge in [0.1, 0.15) is 0 Å². The minimum absolute atomic E-state index is 0.945. The Morgan fingerprint density at radius 1 is 1.25 bits per heavy atom. The fourth-order valence-corrected chi connectivity index (χ4v) is 1.03. The number of hydrogen-bond acceptors (Lipinski definition) is 1. The average molecular weight is 162 g/mol. The van der Waals surface area contributed by atoms with Gasteiger partial charge >= 0.3 is 0 Å². The van der Waals surface area contributed by atoms with E-state index in [4.69, 9.17) is 0 Å². The molecular weight excluding hydrogens is 146 g/mol. The topological polar surface area (TPSA) is 12.0 Å². The van der Waals surface area contributed by atoms with Gasteiger partial charge in [-0.2, -0.15) is 0 Å². The van der Waals surface area contributed by atoms with Gasteiger partial charge in [-0.05, 0) is 12.0 Å². The Kier molecular flexibility index (Phi) is 4.47. The highest BCUT2D eigenvalue weighted by Crippen LogP contribution is 1.98. The summed E-state index contributed by atoms with van der Waals surface area (Å²) in [7, 11) is 0. The zero-order valence-electron chi connectivity index (χ0n) is 7.59. The van der Waals surface area contributed by atoms with Crippen LogP contribution in [0.3, 0.4) is 0 Å². The van der Waals surface area contributed by atoms with Gasteiger partial charge in [0, 0.05) is 13.1 Å². The molecule has 0 atom stereocenters. The molecule has 0 aliphatic heterocycles. The number of rotatable bonds is 5. The number of nitrogens with one attached hydrogen (secondary N) is 1. The van der Waals surface area contributed by atoms with Gasteiger partial charge in [0.25, 0.3) is 0 Å². The average Bonchev–Trinajstić information content (AvgIpc) is 2.14. The molecule has 0 aliphatic carbocycles. The first-order chi connectivity index (χ1) is 5.93. The molecule has 0 unspecified atom stereocenters. The molecule has 0 aliphatic rings. The molecule has 0 bridgehead atoms. The maximum atomic E-state index is 3.28. The maximum Gasteiger partial charge on any atom is 0.0224 e. The summed E-state index contributed by atoms with van der Waals surface area (Å²) in [5, 5.41) is 3.28. The second-order valence-electron chi connectivity index (χ2n) is 2.86. The Hall–Kier alpha value is -0.820. The lowest BCUT2D eigenvalue weighted by atomic mass is 10.2. The first-order valence-corrected chi connectivity index (χ1v) is 4.52. The number of benzene rings is 1. The highest BCUT2D eigenvalue weighted by molar-refractivity contribution is 5.14. The molecule has 1 aromatic rings. The van der Waals surface area contributed by atoms with Crippen LogP contribution >= 0.6 is 0 Å². The third-order valence-electron chi connectivity index (χ3n) is 1.73. The second-order valence-corrected chi connectivity index (χ2v) is 2.86. The second kappa shape index (κ2) is 5.78. The fraction of sp³-hybridized carbons (Fsp3) is 0.364. The first kappa shape index (κ1) is 9.27. The Morgan fingerprint density at radius 3 is 2.67 bits per heavy atom. The van der Waals surface area contributed by atoms with E-state index >= 15 is 0 Å². The van der Waals surface area contributed by atoms with E-state index in [-0.39, 0.29) is 0 Å². The van der Waals surface area contributed by atoms with E-state index in [0.29, 0.717) is 0 Å². The summed E-state index contributed by atoms with van der Waals surface area (Å²) < 4.78 is 0. The summed E-state index contributed by atoms with van der Waals surface area (Å²) in [5.41, 5.74) is 1.34. The molecule has 1 nitrogen and oxygen atoms in total. The molecule has 0 aromatic heterocycles. The molecular formula is C11H16N. The van der Waals surface area contributed by atoms with Crippen LogP contribution in [0.2, 0.25) is 0 Å². The van der Waals surface area contributed by atoms with Crippen LogP contribution in [0.15, 0.2) is 30.3 Å². The molecule has 0 fully saturated rings. The summed E-state index contributed by atoms with van der Waals surface area (Å²) in [5.74, 6) is 0. The van der Waals surface area contributed by atoms with Crippen molar-refractivity contribution >= 4 is 0 Å². The lowest BCUT2D eigenvalue weighted by molar-refractivity contribution is 0.727. The molecule has 0 spiro atoms. The van der Waals surface area contributed by atoms with Gasteiger partial charge in [-0.1, -0.05) is 43.7 Å². The van der Waals surface area contributed by atoms with Crippen molar-refractivity contribution in [2.24, 2.45) is 0 Å². The van der Waals surface area contributed by atoms with E-state index in [9.17, 15) is 0 Å². The zero-order chi connectivity index (χ0) is 8.65. The van der Waals surface area contributed by atoms with Gasteiger partial charge in [0.2, 0.25) is 0 Å². The van der Waals surface area contributed by atoms with E-state index in [2.05, 4.69) is 43.1 Å². The molecule has 12 heavy (non-hydrogen) atoms. The SMILES string of the molecule is CCC[CH]NCc1ccccc1. The highest BCUT2D eigenvalue weighted by Gasteiger charge is 1.89. The van der Waals surface area contributed by atoms with Crippen molar-refractivity contribution in [3.05, 3.63) is 42.4 Å². The van der Waals surface area contributed by atoms with Gasteiger partial charge in [-0.25, -0.2) is 0 Å². The van der Waals surface area contributed by atoms with E-state index in [1.54, 1.807) is 0 Å². The van der Waals surface area contributed by atoms with Crippen LogP contribution in [-0.4, -0.2) is 0 Å². The normalized spacial score (nSPS) is 10.1. The van der Waals surface area contributed by atoms with Crippen LogP contribution in [0.4, 0.5) is 0 Å². The Balaban J connectivity index is 2.16. The minimum atomic E-state index is 0.945. The van der Waals surface area contributed by atoms with E-state index < -0.39 is 0 Å². The third kappa shape index (κ3) is 3.54. The minimum Gasteiger partial charge on any atom is -0.308 e. The molecule has 0 saturated heterocycles. The van der Waals surface area contributed by atoms with E-state index in [1.807, 2.05) is 6.07 Å². The molecule has 1 N–H and O–H groups in total. The fourth-order valence-electron chi connectivity index (χ4n) is 1.03. The Labute approximate surface area is 74.8 Å². The maximum absolute atomic E-state index is 3.28. The third-order valence-corrected chi connectivity index (χ3v) is 1.73. The molecule has 65 valence electrons. The van der Waals surface area contributed by atoms with Gasteiger partial charge in [-0.15, -0.1) is 0 Å². The Morgan fingerprint density at radius 2 is 2.00 bits per heavy atom. The van der Waals surface area contributed by atoms with Crippen LogP contribution in [0.1, 0.15) is 25.3 Å². The van der Waals surface area contributed by atoms with Gasteiger partial charge in [-0.3, -0.25) is 0 Å². The lowest BCUT2D eigenvalue weighted by Gasteiger charge is -2.02. The van der Waals surface area contributed by atoms with Gasteiger partial charge in [0.15, 0.2) is 0 Å². The molecule has 0 saturated carbocycles. The van der Waals surface area contributed by atoms with Crippen molar-refractivity contribution in [3.8, 4) is 0 Å². The molecule has 1 aromatic carbocycles. The van der Waals surface area contributed by atoms with Crippen molar-refractivity contribution in [2.75, 3.05) is 0 Å². The summed E-state index contributed by atoms with van der Waals surface area (Å²) >= 11 is 0. The zero-order valence-corrected chi connectivity index (χ0v) is 7.59. The van der Waals surface area contributed by atoms with E-state index in [0.717, 1.165) is 13.0 Å². The van der Waals surface area contributed by atoms with Crippen molar-refractivity contribution in [1.82, 2.24) is 5.32 Å². The van der Waals surface area contributed by atoms with Crippen LogP contribution < -0.4 is 5.32 Å². The summed E-state index contributed by atoms with van der Waals surface area (Å²) in [6.07, 6.45) is 2.36. The van der Waals surface area contributed by atoms with Crippen LogP contribution in [0.5, 0.6) is 0 Å². The van der Waals surface area contributed by atoms with Crippen molar-refractivity contribution in [1.29, 1.82) is 0 Å². The summed E-state index contributed by atoms with van der Waals surface area (Å²) in [6, 6.07) is 10.4.